The zero-order valence-corrected chi connectivity index (χ0v) is 18.1. The van der Waals surface area contributed by atoms with Gasteiger partial charge in [-0.3, -0.25) is 4.99 Å². The minimum Gasteiger partial charge on any atom is -0.356 e. The van der Waals surface area contributed by atoms with Gasteiger partial charge in [0.05, 0.1) is 6.54 Å². The van der Waals surface area contributed by atoms with E-state index in [1.165, 1.54) is 0 Å². The molecule has 3 aromatic rings. The predicted octanol–water partition coefficient (Wildman–Crippen LogP) is 4.52. The highest BCUT2D eigenvalue weighted by Crippen LogP contribution is 2.19. The molecule has 0 aliphatic carbocycles. The summed E-state index contributed by atoms with van der Waals surface area (Å²) in [6.07, 6.45) is 0.822. The maximum atomic E-state index is 6.18. The number of guanidine groups is 1. The van der Waals surface area contributed by atoms with Gasteiger partial charge in [-0.15, -0.1) is 24.0 Å². The van der Waals surface area contributed by atoms with E-state index in [1.54, 1.807) is 7.05 Å². The number of hydrogen-bond donors (Lipinski definition) is 2. The van der Waals surface area contributed by atoms with Crippen LogP contribution in [-0.2, 0) is 13.0 Å². The van der Waals surface area contributed by atoms with Crippen molar-refractivity contribution in [1.82, 2.24) is 15.8 Å². The average molecular weight is 497 g/mol. The first-order valence-corrected chi connectivity index (χ1v) is 8.83. The molecule has 0 aliphatic rings. The van der Waals surface area contributed by atoms with Crippen LogP contribution in [0.4, 0.5) is 0 Å². The molecule has 0 atom stereocenters. The van der Waals surface area contributed by atoms with Gasteiger partial charge in [0.25, 0.3) is 0 Å². The van der Waals surface area contributed by atoms with Crippen molar-refractivity contribution in [2.24, 2.45) is 4.99 Å². The first kappa shape index (κ1) is 21.2. The Hall–Kier alpha value is -2.06. The molecule has 2 aromatic carbocycles. The molecular formula is C20H22ClIN4O. The molecule has 142 valence electrons. The number of halogens is 2. The summed E-state index contributed by atoms with van der Waals surface area (Å²) in [5.41, 5.74) is 2.94. The molecule has 27 heavy (non-hydrogen) atoms. The smallest absolute Gasteiger partial charge is 0.191 e. The van der Waals surface area contributed by atoms with Gasteiger partial charge < -0.3 is 15.2 Å². The van der Waals surface area contributed by atoms with Gasteiger partial charge >= 0.3 is 0 Å². The standard InChI is InChI=1S/C20H21ClN4O.HI/c1-22-20(23-12-11-15-7-5-6-10-18(15)21)24-14-17-13-19(26-25-17)16-8-3-2-4-9-16;/h2-10,13H,11-12,14H2,1H3,(H2,22,23,24);1H. The largest absolute Gasteiger partial charge is 0.356 e. The number of aliphatic imine (C=N–C) groups is 1. The van der Waals surface area contributed by atoms with E-state index in [9.17, 15) is 0 Å². The summed E-state index contributed by atoms with van der Waals surface area (Å²) in [7, 11) is 1.74. The maximum Gasteiger partial charge on any atom is 0.191 e. The summed E-state index contributed by atoms with van der Waals surface area (Å²) in [5, 5.41) is 11.4. The number of nitrogens with zero attached hydrogens (tertiary/aromatic N) is 2. The zero-order valence-electron chi connectivity index (χ0n) is 15.0. The lowest BCUT2D eigenvalue weighted by atomic mass is 10.1. The van der Waals surface area contributed by atoms with Gasteiger partial charge in [-0.25, -0.2) is 0 Å². The van der Waals surface area contributed by atoms with E-state index >= 15 is 0 Å². The van der Waals surface area contributed by atoms with Crippen LogP contribution >= 0.6 is 35.6 Å². The lowest BCUT2D eigenvalue weighted by Gasteiger charge is -2.11. The van der Waals surface area contributed by atoms with Crippen LogP contribution < -0.4 is 10.6 Å². The number of rotatable bonds is 6. The summed E-state index contributed by atoms with van der Waals surface area (Å²) in [4.78, 5) is 4.22. The molecule has 0 amide bonds. The molecule has 0 unspecified atom stereocenters. The van der Waals surface area contributed by atoms with Crippen molar-refractivity contribution in [3.63, 3.8) is 0 Å². The van der Waals surface area contributed by atoms with Crippen LogP contribution in [0.3, 0.4) is 0 Å². The van der Waals surface area contributed by atoms with Crippen LogP contribution in [0.5, 0.6) is 0 Å². The van der Waals surface area contributed by atoms with E-state index in [4.69, 9.17) is 16.1 Å². The molecule has 0 aliphatic heterocycles. The van der Waals surface area contributed by atoms with E-state index in [-0.39, 0.29) is 24.0 Å². The van der Waals surface area contributed by atoms with Crippen LogP contribution in [0.1, 0.15) is 11.3 Å². The number of hydrogen-bond acceptors (Lipinski definition) is 3. The first-order valence-electron chi connectivity index (χ1n) is 8.45. The fourth-order valence-electron chi connectivity index (χ4n) is 2.55. The third-order valence-electron chi connectivity index (χ3n) is 3.92. The molecule has 0 fully saturated rings. The molecular weight excluding hydrogens is 475 g/mol. The van der Waals surface area contributed by atoms with Gasteiger partial charge in [-0.1, -0.05) is 65.3 Å². The minimum atomic E-state index is 0. The van der Waals surface area contributed by atoms with E-state index < -0.39 is 0 Å². The topological polar surface area (TPSA) is 62.5 Å². The summed E-state index contributed by atoms with van der Waals surface area (Å²) in [6, 6.07) is 19.7. The number of nitrogens with one attached hydrogen (secondary N) is 2. The van der Waals surface area contributed by atoms with Crippen molar-refractivity contribution >= 4 is 41.5 Å². The Morgan fingerprint density at radius 3 is 2.56 bits per heavy atom. The molecule has 0 saturated heterocycles. The van der Waals surface area contributed by atoms with E-state index in [0.29, 0.717) is 12.5 Å². The van der Waals surface area contributed by atoms with E-state index in [0.717, 1.165) is 40.6 Å². The fourth-order valence-corrected chi connectivity index (χ4v) is 2.78. The summed E-state index contributed by atoms with van der Waals surface area (Å²) >= 11 is 6.18. The minimum absolute atomic E-state index is 0. The second kappa shape index (κ2) is 10.9. The van der Waals surface area contributed by atoms with Gasteiger partial charge in [0.15, 0.2) is 11.7 Å². The molecule has 1 aromatic heterocycles. The van der Waals surface area contributed by atoms with E-state index in [2.05, 4.69) is 20.8 Å². The molecule has 0 bridgehead atoms. The van der Waals surface area contributed by atoms with Crippen molar-refractivity contribution in [3.8, 4) is 11.3 Å². The zero-order chi connectivity index (χ0) is 18.2. The SMILES string of the molecule is CN=C(NCCc1ccccc1Cl)NCc1cc(-c2ccccc2)on1.I. The normalized spacial score (nSPS) is 11.0. The summed E-state index contributed by atoms with van der Waals surface area (Å²) in [6.45, 7) is 1.26. The highest BCUT2D eigenvalue weighted by atomic mass is 127. The Morgan fingerprint density at radius 2 is 1.81 bits per heavy atom. The monoisotopic (exact) mass is 496 g/mol. The third-order valence-corrected chi connectivity index (χ3v) is 4.29. The lowest BCUT2D eigenvalue weighted by molar-refractivity contribution is 0.422. The highest BCUT2D eigenvalue weighted by Gasteiger charge is 2.07. The summed E-state index contributed by atoms with van der Waals surface area (Å²) in [5.74, 6) is 1.46. The fraction of sp³-hybridized carbons (Fsp3) is 0.200. The highest BCUT2D eigenvalue weighted by molar-refractivity contribution is 14.0. The molecule has 1 heterocycles. The van der Waals surface area contributed by atoms with Gasteiger partial charge in [0, 0.05) is 30.2 Å². The Labute approximate surface area is 181 Å². The molecule has 0 saturated carbocycles. The van der Waals surface area contributed by atoms with Crippen LogP contribution in [0.25, 0.3) is 11.3 Å². The average Bonchev–Trinajstić information content (AvgIpc) is 3.16. The number of aromatic nitrogens is 1. The second-order valence-corrected chi connectivity index (χ2v) is 6.15. The second-order valence-electron chi connectivity index (χ2n) is 5.74. The van der Waals surface area contributed by atoms with Crippen LogP contribution in [0.2, 0.25) is 5.02 Å². The first-order chi connectivity index (χ1) is 12.8. The Morgan fingerprint density at radius 1 is 1.07 bits per heavy atom. The third kappa shape index (κ3) is 6.25. The van der Waals surface area contributed by atoms with Crippen molar-refractivity contribution in [1.29, 1.82) is 0 Å². The van der Waals surface area contributed by atoms with Crippen molar-refractivity contribution < 1.29 is 4.52 Å². The van der Waals surface area contributed by atoms with Crippen molar-refractivity contribution in [3.05, 3.63) is 76.9 Å². The number of benzene rings is 2. The van der Waals surface area contributed by atoms with Crippen LogP contribution in [0, 0.1) is 0 Å². The van der Waals surface area contributed by atoms with Gasteiger partial charge in [0.2, 0.25) is 0 Å². The Kier molecular flexibility index (Phi) is 8.60. The Balaban J connectivity index is 0.00000261. The summed E-state index contributed by atoms with van der Waals surface area (Å²) < 4.78 is 5.40. The predicted molar refractivity (Wildman–Crippen MR) is 121 cm³/mol. The molecule has 0 radical (unpaired) electrons. The van der Waals surface area contributed by atoms with Gasteiger partial charge in [-0.2, -0.15) is 0 Å². The molecule has 3 rings (SSSR count). The molecule has 2 N–H and O–H groups in total. The Bertz CT molecular complexity index is 867. The van der Waals surface area contributed by atoms with Gasteiger partial charge in [0.1, 0.15) is 5.69 Å². The van der Waals surface area contributed by atoms with Crippen molar-refractivity contribution in [2.75, 3.05) is 13.6 Å². The van der Waals surface area contributed by atoms with Crippen LogP contribution in [0.15, 0.2) is 70.2 Å². The molecule has 7 heteroatoms. The van der Waals surface area contributed by atoms with Crippen LogP contribution in [-0.4, -0.2) is 24.7 Å². The molecule has 0 spiro atoms. The van der Waals surface area contributed by atoms with Crippen molar-refractivity contribution in [2.45, 2.75) is 13.0 Å². The maximum absolute atomic E-state index is 6.18. The van der Waals surface area contributed by atoms with Gasteiger partial charge in [-0.05, 0) is 18.1 Å². The van der Waals surface area contributed by atoms with E-state index in [1.807, 2.05) is 60.7 Å². The lowest BCUT2D eigenvalue weighted by Crippen LogP contribution is -2.37. The quantitative estimate of drug-likeness (QED) is 0.299. The molecule has 5 nitrogen and oxygen atoms in total.